The third-order valence-electron chi connectivity index (χ3n) is 3.66. The van der Waals surface area contributed by atoms with Crippen molar-refractivity contribution in [1.29, 1.82) is 0 Å². The molecule has 5 nitrogen and oxygen atoms in total. The Morgan fingerprint density at radius 3 is 2.88 bits per heavy atom. The largest absolute Gasteiger partial charge is 0.497 e. The molecule has 0 spiro atoms. The lowest BCUT2D eigenvalue weighted by Crippen LogP contribution is -2.28. The SMILES string of the molecule is COc1ccc(Br)c(C(=O)NCCOc2cccc3cccnc23)c1. The van der Waals surface area contributed by atoms with Gasteiger partial charge in [0.2, 0.25) is 0 Å². The van der Waals surface area contributed by atoms with E-state index in [-0.39, 0.29) is 5.91 Å². The molecule has 0 aliphatic heterocycles. The fourth-order valence-electron chi connectivity index (χ4n) is 2.42. The summed E-state index contributed by atoms with van der Waals surface area (Å²) in [5.41, 5.74) is 1.33. The van der Waals surface area contributed by atoms with Gasteiger partial charge in [-0.1, -0.05) is 18.2 Å². The molecule has 0 bridgehead atoms. The van der Waals surface area contributed by atoms with Crippen molar-refractivity contribution in [2.75, 3.05) is 20.3 Å². The highest BCUT2D eigenvalue weighted by Crippen LogP contribution is 2.23. The average molecular weight is 401 g/mol. The molecule has 0 saturated heterocycles. The number of fused-ring (bicyclic) bond motifs is 1. The molecule has 0 aliphatic carbocycles. The minimum absolute atomic E-state index is 0.189. The predicted molar refractivity (Wildman–Crippen MR) is 100 cm³/mol. The lowest BCUT2D eigenvalue weighted by Gasteiger charge is -2.11. The highest BCUT2D eigenvalue weighted by atomic mass is 79.9. The van der Waals surface area contributed by atoms with Crippen molar-refractivity contribution in [3.8, 4) is 11.5 Å². The molecule has 128 valence electrons. The fraction of sp³-hybridized carbons (Fsp3) is 0.158. The monoisotopic (exact) mass is 400 g/mol. The lowest BCUT2D eigenvalue weighted by atomic mass is 10.2. The van der Waals surface area contributed by atoms with Crippen molar-refractivity contribution in [1.82, 2.24) is 10.3 Å². The van der Waals surface area contributed by atoms with Gasteiger partial charge in [0.25, 0.3) is 5.91 Å². The number of hydrogen-bond acceptors (Lipinski definition) is 4. The second kappa shape index (κ2) is 7.98. The van der Waals surface area contributed by atoms with Gasteiger partial charge in [-0.15, -0.1) is 0 Å². The van der Waals surface area contributed by atoms with Gasteiger partial charge in [-0.3, -0.25) is 9.78 Å². The Morgan fingerprint density at radius 2 is 2.04 bits per heavy atom. The number of rotatable bonds is 6. The second-order valence-electron chi connectivity index (χ2n) is 5.28. The first-order valence-corrected chi connectivity index (χ1v) is 8.56. The molecular formula is C19H17BrN2O3. The van der Waals surface area contributed by atoms with E-state index in [1.54, 1.807) is 31.5 Å². The van der Waals surface area contributed by atoms with Crippen molar-refractivity contribution in [2.45, 2.75) is 0 Å². The number of aromatic nitrogens is 1. The number of nitrogens with zero attached hydrogens (tertiary/aromatic N) is 1. The summed E-state index contributed by atoms with van der Waals surface area (Å²) >= 11 is 3.38. The molecule has 1 heterocycles. The van der Waals surface area contributed by atoms with Crippen LogP contribution in [0.3, 0.4) is 0 Å². The molecule has 2 aromatic carbocycles. The van der Waals surface area contributed by atoms with Crippen LogP contribution in [0, 0.1) is 0 Å². The Labute approximate surface area is 154 Å². The summed E-state index contributed by atoms with van der Waals surface area (Å²) in [6.07, 6.45) is 1.73. The minimum atomic E-state index is -0.189. The van der Waals surface area contributed by atoms with E-state index < -0.39 is 0 Å². The maximum absolute atomic E-state index is 12.3. The van der Waals surface area contributed by atoms with Gasteiger partial charge >= 0.3 is 0 Å². The molecule has 6 heteroatoms. The summed E-state index contributed by atoms with van der Waals surface area (Å²) < 4.78 is 11.6. The summed E-state index contributed by atoms with van der Waals surface area (Å²) in [5.74, 6) is 1.15. The van der Waals surface area contributed by atoms with Crippen LogP contribution in [0.25, 0.3) is 10.9 Å². The van der Waals surface area contributed by atoms with Crippen LogP contribution in [-0.2, 0) is 0 Å². The van der Waals surface area contributed by atoms with E-state index in [4.69, 9.17) is 9.47 Å². The molecule has 0 unspecified atom stereocenters. The number of ether oxygens (including phenoxy) is 2. The van der Waals surface area contributed by atoms with E-state index >= 15 is 0 Å². The third-order valence-corrected chi connectivity index (χ3v) is 4.35. The molecule has 0 radical (unpaired) electrons. The molecule has 0 aliphatic rings. The topological polar surface area (TPSA) is 60.5 Å². The van der Waals surface area contributed by atoms with E-state index in [2.05, 4.69) is 26.2 Å². The van der Waals surface area contributed by atoms with Crippen molar-refractivity contribution in [3.05, 3.63) is 64.8 Å². The molecule has 0 saturated carbocycles. The molecular weight excluding hydrogens is 384 g/mol. The molecule has 1 aromatic heterocycles. The van der Waals surface area contributed by atoms with Gasteiger partial charge in [0.15, 0.2) is 0 Å². The van der Waals surface area contributed by atoms with Crippen LogP contribution < -0.4 is 14.8 Å². The van der Waals surface area contributed by atoms with Crippen LogP contribution in [0.2, 0.25) is 0 Å². The fourth-order valence-corrected chi connectivity index (χ4v) is 2.85. The van der Waals surface area contributed by atoms with E-state index in [1.807, 2.05) is 30.3 Å². The summed E-state index contributed by atoms with van der Waals surface area (Å²) in [5, 5.41) is 3.86. The smallest absolute Gasteiger partial charge is 0.252 e. The number of carbonyl (C=O) groups excluding carboxylic acids is 1. The Kier molecular flexibility index (Phi) is 5.50. The van der Waals surface area contributed by atoms with Crippen LogP contribution in [0.15, 0.2) is 59.2 Å². The Morgan fingerprint density at radius 1 is 1.20 bits per heavy atom. The number of pyridine rings is 1. The first kappa shape index (κ1) is 17.2. The van der Waals surface area contributed by atoms with Crippen LogP contribution in [0.4, 0.5) is 0 Å². The lowest BCUT2D eigenvalue weighted by molar-refractivity contribution is 0.0946. The van der Waals surface area contributed by atoms with Crippen LogP contribution in [0.5, 0.6) is 11.5 Å². The zero-order valence-corrected chi connectivity index (χ0v) is 15.2. The number of amides is 1. The Bertz CT molecular complexity index is 893. The van der Waals surface area contributed by atoms with E-state index in [0.29, 0.717) is 34.7 Å². The van der Waals surface area contributed by atoms with Gasteiger partial charge in [0.05, 0.1) is 19.2 Å². The highest BCUT2D eigenvalue weighted by Gasteiger charge is 2.11. The highest BCUT2D eigenvalue weighted by molar-refractivity contribution is 9.10. The average Bonchev–Trinajstić information content (AvgIpc) is 2.65. The van der Waals surface area contributed by atoms with Gasteiger partial charge in [-0.05, 0) is 46.3 Å². The van der Waals surface area contributed by atoms with Crippen LogP contribution >= 0.6 is 15.9 Å². The van der Waals surface area contributed by atoms with Gasteiger partial charge in [0, 0.05) is 16.1 Å². The minimum Gasteiger partial charge on any atom is -0.497 e. The number of carbonyl (C=O) groups is 1. The molecule has 0 fully saturated rings. The molecule has 3 aromatic rings. The Hall–Kier alpha value is -2.60. The number of hydrogen-bond donors (Lipinski definition) is 1. The summed E-state index contributed by atoms with van der Waals surface area (Å²) in [4.78, 5) is 16.6. The number of benzene rings is 2. The molecule has 0 atom stereocenters. The Balaban J connectivity index is 1.59. The standard InChI is InChI=1S/C19H17BrN2O3/c1-24-14-7-8-16(20)15(12-14)19(23)22-10-11-25-17-6-2-4-13-5-3-9-21-18(13)17/h2-9,12H,10-11H2,1H3,(H,22,23). The van der Waals surface area contributed by atoms with E-state index in [0.717, 1.165) is 10.9 Å². The normalized spacial score (nSPS) is 10.5. The summed E-state index contributed by atoms with van der Waals surface area (Å²) in [6, 6.07) is 14.9. The number of halogens is 1. The number of para-hydroxylation sites is 1. The quantitative estimate of drug-likeness (QED) is 0.639. The summed E-state index contributed by atoms with van der Waals surface area (Å²) in [7, 11) is 1.57. The molecule has 3 rings (SSSR count). The van der Waals surface area contributed by atoms with E-state index in [9.17, 15) is 4.79 Å². The third kappa shape index (κ3) is 4.09. The first-order chi connectivity index (χ1) is 12.2. The maximum Gasteiger partial charge on any atom is 0.252 e. The molecule has 1 amide bonds. The van der Waals surface area contributed by atoms with Crippen LogP contribution in [0.1, 0.15) is 10.4 Å². The molecule has 1 N–H and O–H groups in total. The van der Waals surface area contributed by atoms with Crippen molar-refractivity contribution < 1.29 is 14.3 Å². The molecule has 25 heavy (non-hydrogen) atoms. The van der Waals surface area contributed by atoms with Crippen molar-refractivity contribution in [2.24, 2.45) is 0 Å². The summed E-state index contributed by atoms with van der Waals surface area (Å²) in [6.45, 7) is 0.731. The van der Waals surface area contributed by atoms with Gasteiger partial charge < -0.3 is 14.8 Å². The van der Waals surface area contributed by atoms with E-state index in [1.165, 1.54) is 0 Å². The van der Waals surface area contributed by atoms with Gasteiger partial charge in [-0.2, -0.15) is 0 Å². The first-order valence-electron chi connectivity index (χ1n) is 7.77. The van der Waals surface area contributed by atoms with Crippen molar-refractivity contribution >= 4 is 32.7 Å². The van der Waals surface area contributed by atoms with Gasteiger partial charge in [-0.25, -0.2) is 0 Å². The maximum atomic E-state index is 12.3. The predicted octanol–water partition coefficient (Wildman–Crippen LogP) is 3.81. The number of nitrogens with one attached hydrogen (secondary N) is 1. The number of methoxy groups -OCH3 is 1. The zero-order chi connectivity index (χ0) is 17.6. The van der Waals surface area contributed by atoms with Crippen LogP contribution in [-0.4, -0.2) is 31.2 Å². The van der Waals surface area contributed by atoms with Gasteiger partial charge in [0.1, 0.15) is 23.6 Å². The second-order valence-corrected chi connectivity index (χ2v) is 6.14. The zero-order valence-electron chi connectivity index (χ0n) is 13.7. The van der Waals surface area contributed by atoms with Crippen molar-refractivity contribution in [3.63, 3.8) is 0 Å².